The number of morpholine rings is 1. The van der Waals surface area contributed by atoms with Crippen LogP contribution in [0.5, 0.6) is 0 Å². The summed E-state index contributed by atoms with van der Waals surface area (Å²) in [5.74, 6) is -0.124. The highest BCUT2D eigenvalue weighted by Crippen LogP contribution is 2.27. The molecule has 0 radical (unpaired) electrons. The zero-order valence-electron chi connectivity index (χ0n) is 11.7. The van der Waals surface area contributed by atoms with E-state index in [-0.39, 0.29) is 6.10 Å². The van der Waals surface area contributed by atoms with Gasteiger partial charge in [0.25, 0.3) is 0 Å². The van der Waals surface area contributed by atoms with Gasteiger partial charge in [0.15, 0.2) is 10.8 Å². The summed E-state index contributed by atoms with van der Waals surface area (Å²) in [4.78, 5) is 18.5. The van der Waals surface area contributed by atoms with Crippen molar-refractivity contribution in [2.45, 2.75) is 19.4 Å². The van der Waals surface area contributed by atoms with Gasteiger partial charge in [0.05, 0.1) is 18.4 Å². The lowest BCUT2D eigenvalue weighted by molar-refractivity contribution is -0.131. The third-order valence-corrected chi connectivity index (χ3v) is 4.31. The molecule has 0 aromatic carbocycles. The molecule has 1 atom stereocenters. The van der Waals surface area contributed by atoms with Crippen LogP contribution in [0, 0.1) is 0 Å². The molecule has 0 aliphatic carbocycles. The molecular formula is C14H17N3O3S. The summed E-state index contributed by atoms with van der Waals surface area (Å²) in [5, 5.41) is 10.8. The fourth-order valence-corrected chi connectivity index (χ4v) is 3.20. The molecule has 1 saturated heterocycles. The molecule has 0 spiro atoms. The zero-order chi connectivity index (χ0) is 14.8. The summed E-state index contributed by atoms with van der Waals surface area (Å²) in [6, 6.07) is 0. The zero-order valence-corrected chi connectivity index (χ0v) is 12.5. The van der Waals surface area contributed by atoms with Gasteiger partial charge in [-0.15, -0.1) is 11.3 Å². The standard InChI is InChI=1S/C14H17N3O3S/c1-2-10-9-16(5-7-20-10)13-11(3-4-12(18)19)17-6-8-21-14(17)15-13/h3-4,6,8,10H,2,5,7,9H2,1H3,(H,18,19)/b4-3+. The second-order valence-electron chi connectivity index (χ2n) is 4.89. The monoisotopic (exact) mass is 307 g/mol. The molecule has 1 aliphatic rings. The topological polar surface area (TPSA) is 67.1 Å². The van der Waals surface area contributed by atoms with Crippen LogP contribution in [0.2, 0.25) is 0 Å². The SMILES string of the molecule is CCC1CN(c2nc3sccn3c2/C=C/C(=O)O)CCO1. The van der Waals surface area contributed by atoms with Gasteiger partial charge in [-0.05, 0) is 12.5 Å². The summed E-state index contributed by atoms with van der Waals surface area (Å²) < 4.78 is 7.61. The second kappa shape index (κ2) is 5.87. The van der Waals surface area contributed by atoms with Crippen LogP contribution in [0.3, 0.4) is 0 Å². The summed E-state index contributed by atoms with van der Waals surface area (Å²) in [6.07, 6.45) is 5.84. The Morgan fingerprint density at radius 3 is 3.29 bits per heavy atom. The van der Waals surface area contributed by atoms with Crippen LogP contribution in [0.25, 0.3) is 11.0 Å². The average molecular weight is 307 g/mol. The highest BCUT2D eigenvalue weighted by molar-refractivity contribution is 7.15. The van der Waals surface area contributed by atoms with E-state index in [9.17, 15) is 4.79 Å². The van der Waals surface area contributed by atoms with Gasteiger partial charge in [-0.2, -0.15) is 0 Å². The van der Waals surface area contributed by atoms with Crippen LogP contribution in [-0.2, 0) is 9.53 Å². The molecule has 112 valence electrons. The van der Waals surface area contributed by atoms with E-state index in [0.29, 0.717) is 6.61 Å². The fourth-order valence-electron chi connectivity index (χ4n) is 2.49. The van der Waals surface area contributed by atoms with E-state index in [2.05, 4.69) is 16.8 Å². The molecule has 21 heavy (non-hydrogen) atoms. The summed E-state index contributed by atoms with van der Waals surface area (Å²) >= 11 is 1.54. The van der Waals surface area contributed by atoms with Crippen LogP contribution < -0.4 is 4.90 Å². The number of aromatic nitrogens is 2. The second-order valence-corrected chi connectivity index (χ2v) is 5.77. The number of aliphatic carboxylic acids is 1. The molecule has 1 unspecified atom stereocenters. The Morgan fingerprint density at radius 2 is 2.52 bits per heavy atom. The largest absolute Gasteiger partial charge is 0.478 e. The predicted octanol–water partition coefficient (Wildman–Crippen LogP) is 2.11. The molecule has 3 rings (SSSR count). The van der Waals surface area contributed by atoms with Crippen molar-refractivity contribution in [1.29, 1.82) is 0 Å². The van der Waals surface area contributed by atoms with Crippen molar-refractivity contribution >= 4 is 34.2 Å². The minimum Gasteiger partial charge on any atom is -0.478 e. The van der Waals surface area contributed by atoms with Gasteiger partial charge in [-0.25, -0.2) is 9.78 Å². The molecule has 6 nitrogen and oxygen atoms in total. The molecule has 2 aromatic rings. The first-order valence-electron chi connectivity index (χ1n) is 6.92. The van der Waals surface area contributed by atoms with Crippen LogP contribution in [-0.4, -0.2) is 46.3 Å². The van der Waals surface area contributed by atoms with Crippen LogP contribution in [0.15, 0.2) is 17.7 Å². The van der Waals surface area contributed by atoms with Crippen molar-refractivity contribution in [1.82, 2.24) is 9.38 Å². The van der Waals surface area contributed by atoms with E-state index in [1.54, 1.807) is 6.08 Å². The van der Waals surface area contributed by atoms with Crippen molar-refractivity contribution < 1.29 is 14.6 Å². The van der Waals surface area contributed by atoms with Crippen LogP contribution in [0.4, 0.5) is 5.82 Å². The molecule has 2 aromatic heterocycles. The van der Waals surface area contributed by atoms with Gasteiger partial charge in [-0.3, -0.25) is 4.40 Å². The number of fused-ring (bicyclic) bond motifs is 1. The Bertz CT molecular complexity index is 676. The van der Waals surface area contributed by atoms with Crippen LogP contribution in [0.1, 0.15) is 19.0 Å². The highest BCUT2D eigenvalue weighted by atomic mass is 32.1. The molecule has 1 aliphatic heterocycles. The lowest BCUT2D eigenvalue weighted by atomic mass is 10.2. The maximum Gasteiger partial charge on any atom is 0.328 e. The Kier molecular flexibility index (Phi) is 3.94. The number of hydrogen-bond donors (Lipinski definition) is 1. The number of carbonyl (C=O) groups is 1. The minimum absolute atomic E-state index is 0.204. The maximum absolute atomic E-state index is 10.8. The quantitative estimate of drug-likeness (QED) is 0.876. The number of thiazole rings is 1. The van der Waals surface area contributed by atoms with E-state index in [0.717, 1.165) is 42.1 Å². The van der Waals surface area contributed by atoms with E-state index in [4.69, 9.17) is 9.84 Å². The van der Waals surface area contributed by atoms with Crippen molar-refractivity contribution in [2.75, 3.05) is 24.6 Å². The number of imidazole rings is 1. The summed E-state index contributed by atoms with van der Waals surface area (Å²) in [6.45, 7) is 4.33. The Balaban J connectivity index is 1.98. The Hall–Kier alpha value is -1.86. The maximum atomic E-state index is 10.8. The molecule has 1 fully saturated rings. The molecule has 0 bridgehead atoms. The van der Waals surface area contributed by atoms with Gasteiger partial charge < -0.3 is 14.7 Å². The predicted molar refractivity (Wildman–Crippen MR) is 82.0 cm³/mol. The van der Waals surface area contributed by atoms with Gasteiger partial charge in [0.2, 0.25) is 0 Å². The minimum atomic E-state index is -0.959. The number of anilines is 1. The highest BCUT2D eigenvalue weighted by Gasteiger charge is 2.24. The number of rotatable bonds is 4. The first kappa shape index (κ1) is 14.1. The summed E-state index contributed by atoms with van der Waals surface area (Å²) in [5.41, 5.74) is 0.811. The van der Waals surface area contributed by atoms with Gasteiger partial charge in [0.1, 0.15) is 0 Å². The normalized spacial score (nSPS) is 19.7. The van der Waals surface area contributed by atoms with Crippen molar-refractivity contribution in [3.05, 3.63) is 23.3 Å². The lowest BCUT2D eigenvalue weighted by Gasteiger charge is -2.33. The van der Waals surface area contributed by atoms with Crippen molar-refractivity contribution in [3.63, 3.8) is 0 Å². The molecule has 1 N–H and O–H groups in total. The molecule has 3 heterocycles. The van der Waals surface area contributed by atoms with E-state index in [1.807, 2.05) is 16.0 Å². The van der Waals surface area contributed by atoms with E-state index < -0.39 is 5.97 Å². The number of nitrogens with zero attached hydrogens (tertiary/aromatic N) is 3. The van der Waals surface area contributed by atoms with Gasteiger partial charge >= 0.3 is 5.97 Å². The first-order valence-corrected chi connectivity index (χ1v) is 7.80. The fraction of sp³-hybridized carbons (Fsp3) is 0.429. The number of carboxylic acid groups (broad SMARTS) is 1. The van der Waals surface area contributed by atoms with Gasteiger partial charge in [0, 0.05) is 30.7 Å². The molecular weight excluding hydrogens is 290 g/mol. The van der Waals surface area contributed by atoms with Crippen LogP contribution >= 0.6 is 11.3 Å². The number of carboxylic acids is 1. The third kappa shape index (κ3) is 2.79. The van der Waals surface area contributed by atoms with Crippen molar-refractivity contribution in [2.24, 2.45) is 0 Å². The Labute approximate surface area is 126 Å². The lowest BCUT2D eigenvalue weighted by Crippen LogP contribution is -2.42. The Morgan fingerprint density at radius 1 is 1.67 bits per heavy atom. The number of hydrogen-bond acceptors (Lipinski definition) is 5. The molecule has 7 heteroatoms. The summed E-state index contributed by atoms with van der Waals surface area (Å²) in [7, 11) is 0. The molecule has 0 saturated carbocycles. The smallest absolute Gasteiger partial charge is 0.328 e. The third-order valence-electron chi connectivity index (χ3n) is 3.56. The van der Waals surface area contributed by atoms with E-state index >= 15 is 0 Å². The first-order chi connectivity index (χ1) is 10.2. The molecule has 0 amide bonds. The van der Waals surface area contributed by atoms with Gasteiger partial charge in [-0.1, -0.05) is 6.92 Å². The number of ether oxygens (including phenoxy) is 1. The average Bonchev–Trinajstić information content (AvgIpc) is 3.06. The van der Waals surface area contributed by atoms with Crippen molar-refractivity contribution in [3.8, 4) is 0 Å². The van der Waals surface area contributed by atoms with E-state index in [1.165, 1.54) is 11.3 Å².